The molecule has 2 nitrogen and oxygen atoms in total. The molecule has 20 heavy (non-hydrogen) atoms. The van der Waals surface area contributed by atoms with Crippen LogP contribution >= 0.6 is 11.3 Å². The molecular formula is C17H22N2S. The maximum Gasteiger partial charge on any atom is 0.0963 e. The first-order valence-corrected chi connectivity index (χ1v) is 8.52. The Morgan fingerprint density at radius 1 is 1.05 bits per heavy atom. The predicted molar refractivity (Wildman–Crippen MR) is 87.0 cm³/mol. The molecule has 0 saturated heterocycles. The molecular weight excluding hydrogens is 264 g/mol. The van der Waals surface area contributed by atoms with E-state index in [-0.39, 0.29) is 0 Å². The number of nitrogen functional groups attached to an aromatic ring is 1. The molecule has 0 radical (unpaired) electrons. The van der Waals surface area contributed by atoms with Gasteiger partial charge in [-0.05, 0) is 25.0 Å². The number of hydrogen-bond donors (Lipinski definition) is 1. The van der Waals surface area contributed by atoms with Gasteiger partial charge >= 0.3 is 0 Å². The van der Waals surface area contributed by atoms with Crippen LogP contribution in [0.2, 0.25) is 0 Å². The molecule has 1 saturated carbocycles. The molecule has 2 N–H and O–H groups in total. The Bertz CT molecular complexity index is 554. The van der Waals surface area contributed by atoms with Crippen molar-refractivity contribution in [2.24, 2.45) is 0 Å². The Morgan fingerprint density at radius 3 is 2.55 bits per heavy atom. The Hall–Kier alpha value is -1.35. The molecule has 1 aromatic carbocycles. The van der Waals surface area contributed by atoms with Crippen LogP contribution in [0, 0.1) is 0 Å². The van der Waals surface area contributed by atoms with Crippen LogP contribution in [-0.2, 0) is 0 Å². The molecule has 1 aliphatic carbocycles. The van der Waals surface area contributed by atoms with Crippen LogP contribution in [0.5, 0.6) is 0 Å². The number of hydrogen-bond acceptors (Lipinski definition) is 3. The monoisotopic (exact) mass is 286 g/mol. The number of rotatable bonds is 2. The van der Waals surface area contributed by atoms with Crippen molar-refractivity contribution < 1.29 is 0 Å². The first-order valence-electron chi connectivity index (χ1n) is 7.64. The summed E-state index contributed by atoms with van der Waals surface area (Å²) in [7, 11) is 0. The van der Waals surface area contributed by atoms with Crippen molar-refractivity contribution >= 4 is 17.0 Å². The van der Waals surface area contributed by atoms with E-state index < -0.39 is 0 Å². The zero-order valence-corrected chi connectivity index (χ0v) is 12.7. The van der Waals surface area contributed by atoms with Crippen LogP contribution in [0.3, 0.4) is 0 Å². The van der Waals surface area contributed by atoms with E-state index in [1.807, 2.05) is 29.5 Å². The number of nitrogens with zero attached hydrogens (tertiary/aromatic N) is 1. The number of benzene rings is 1. The summed E-state index contributed by atoms with van der Waals surface area (Å²) in [6.45, 7) is 0. The normalized spacial score (nSPS) is 17.6. The predicted octanol–water partition coefficient (Wildman–Crippen LogP) is 5.22. The third-order valence-corrected chi connectivity index (χ3v) is 5.17. The van der Waals surface area contributed by atoms with Gasteiger partial charge in [0.2, 0.25) is 0 Å². The second-order valence-electron chi connectivity index (χ2n) is 5.74. The van der Waals surface area contributed by atoms with Crippen LogP contribution < -0.4 is 5.73 Å². The van der Waals surface area contributed by atoms with Gasteiger partial charge in [-0.3, -0.25) is 0 Å². The van der Waals surface area contributed by atoms with Crippen molar-refractivity contribution in [3.8, 4) is 11.3 Å². The van der Waals surface area contributed by atoms with Crippen LogP contribution in [0.1, 0.15) is 55.9 Å². The fourth-order valence-corrected chi connectivity index (χ4v) is 4.01. The third-order valence-electron chi connectivity index (χ3n) is 4.16. The second-order valence-corrected chi connectivity index (χ2v) is 6.63. The molecule has 1 aliphatic rings. The molecule has 1 aromatic heterocycles. The van der Waals surface area contributed by atoms with E-state index in [1.165, 1.54) is 50.0 Å². The lowest BCUT2D eigenvalue weighted by Gasteiger charge is -2.17. The van der Waals surface area contributed by atoms with Crippen molar-refractivity contribution in [2.75, 3.05) is 5.73 Å². The van der Waals surface area contributed by atoms with E-state index in [4.69, 9.17) is 10.7 Å². The number of aromatic nitrogens is 1. The molecule has 0 spiro atoms. The lowest BCUT2D eigenvalue weighted by atomic mass is 9.92. The molecule has 1 heterocycles. The highest BCUT2D eigenvalue weighted by atomic mass is 32.1. The molecule has 3 rings (SSSR count). The molecule has 3 heteroatoms. The van der Waals surface area contributed by atoms with Crippen molar-refractivity contribution in [3.63, 3.8) is 0 Å². The highest BCUT2D eigenvalue weighted by molar-refractivity contribution is 7.10. The van der Waals surface area contributed by atoms with Crippen LogP contribution in [0.15, 0.2) is 29.6 Å². The molecule has 0 amide bonds. The minimum Gasteiger partial charge on any atom is -0.399 e. The second kappa shape index (κ2) is 6.40. The van der Waals surface area contributed by atoms with Gasteiger partial charge in [0.05, 0.1) is 10.7 Å². The lowest BCUT2D eigenvalue weighted by Crippen LogP contribution is -2.01. The van der Waals surface area contributed by atoms with E-state index in [9.17, 15) is 0 Å². The van der Waals surface area contributed by atoms with Crippen LogP contribution in [0.25, 0.3) is 11.3 Å². The van der Waals surface area contributed by atoms with E-state index in [0.717, 1.165) is 16.9 Å². The van der Waals surface area contributed by atoms with Gasteiger partial charge in [-0.2, -0.15) is 0 Å². The largest absolute Gasteiger partial charge is 0.399 e. The van der Waals surface area contributed by atoms with Crippen LogP contribution in [0.4, 0.5) is 5.69 Å². The summed E-state index contributed by atoms with van der Waals surface area (Å²) in [6, 6.07) is 8.02. The maximum absolute atomic E-state index is 5.86. The summed E-state index contributed by atoms with van der Waals surface area (Å²) in [6.07, 6.45) is 9.54. The van der Waals surface area contributed by atoms with Gasteiger partial charge in [0.1, 0.15) is 0 Å². The van der Waals surface area contributed by atoms with Gasteiger partial charge in [-0.15, -0.1) is 11.3 Å². The quantitative estimate of drug-likeness (QED) is 0.769. The van der Waals surface area contributed by atoms with Crippen molar-refractivity contribution in [1.82, 2.24) is 4.98 Å². The summed E-state index contributed by atoms with van der Waals surface area (Å²) in [5, 5.41) is 3.51. The van der Waals surface area contributed by atoms with Gasteiger partial charge in [-0.1, -0.05) is 44.2 Å². The van der Waals surface area contributed by atoms with Gasteiger partial charge < -0.3 is 5.73 Å². The molecule has 1 fully saturated rings. The average Bonchev–Trinajstić information content (AvgIpc) is 2.88. The standard InChI is InChI=1S/C17H22N2S/c18-15-10-6-9-14(11-15)16-12-20-17(19-16)13-7-4-2-1-3-5-8-13/h6,9-13H,1-5,7-8,18H2. The Labute approximate surface area is 125 Å². The molecule has 0 unspecified atom stereocenters. The van der Waals surface area contributed by atoms with E-state index in [1.54, 1.807) is 0 Å². The van der Waals surface area contributed by atoms with Crippen LogP contribution in [-0.4, -0.2) is 4.98 Å². The van der Waals surface area contributed by atoms with E-state index in [0.29, 0.717) is 5.92 Å². The van der Waals surface area contributed by atoms with Gasteiger partial charge in [-0.25, -0.2) is 4.98 Å². The van der Waals surface area contributed by atoms with Crippen molar-refractivity contribution in [2.45, 2.75) is 50.9 Å². The minimum absolute atomic E-state index is 0.676. The summed E-state index contributed by atoms with van der Waals surface area (Å²) >= 11 is 1.82. The zero-order chi connectivity index (χ0) is 13.8. The number of nitrogens with two attached hydrogens (primary N) is 1. The fourth-order valence-electron chi connectivity index (χ4n) is 3.01. The van der Waals surface area contributed by atoms with Gasteiger partial charge in [0.25, 0.3) is 0 Å². The molecule has 2 aromatic rings. The Balaban J connectivity index is 1.78. The van der Waals surface area contributed by atoms with E-state index in [2.05, 4.69) is 11.4 Å². The Kier molecular flexibility index (Phi) is 4.36. The van der Waals surface area contributed by atoms with Gasteiger partial charge in [0.15, 0.2) is 0 Å². The summed E-state index contributed by atoms with van der Waals surface area (Å²) < 4.78 is 0. The zero-order valence-electron chi connectivity index (χ0n) is 11.8. The van der Waals surface area contributed by atoms with Crippen molar-refractivity contribution in [3.05, 3.63) is 34.7 Å². The van der Waals surface area contributed by atoms with Gasteiger partial charge in [0, 0.05) is 22.5 Å². The number of anilines is 1. The minimum atomic E-state index is 0.676. The summed E-state index contributed by atoms with van der Waals surface area (Å²) in [5.74, 6) is 0.676. The Morgan fingerprint density at radius 2 is 1.80 bits per heavy atom. The smallest absolute Gasteiger partial charge is 0.0963 e. The first-order chi connectivity index (χ1) is 9.83. The van der Waals surface area contributed by atoms with E-state index >= 15 is 0 Å². The molecule has 0 bridgehead atoms. The summed E-state index contributed by atoms with van der Waals surface area (Å²) in [5.41, 5.74) is 8.89. The first kappa shape index (κ1) is 13.6. The molecule has 106 valence electrons. The average molecular weight is 286 g/mol. The topological polar surface area (TPSA) is 38.9 Å². The highest BCUT2D eigenvalue weighted by Gasteiger charge is 2.17. The highest BCUT2D eigenvalue weighted by Crippen LogP contribution is 2.34. The lowest BCUT2D eigenvalue weighted by molar-refractivity contribution is 0.454. The maximum atomic E-state index is 5.86. The third kappa shape index (κ3) is 3.21. The SMILES string of the molecule is Nc1cccc(-c2csc(C3CCCCCCC3)n2)c1. The number of thiazole rings is 1. The molecule has 0 atom stereocenters. The summed E-state index contributed by atoms with van der Waals surface area (Å²) in [4.78, 5) is 4.88. The molecule has 0 aliphatic heterocycles. The van der Waals surface area contributed by atoms with Crippen molar-refractivity contribution in [1.29, 1.82) is 0 Å². The fraction of sp³-hybridized carbons (Fsp3) is 0.471.